The van der Waals surface area contributed by atoms with Gasteiger partial charge in [-0.1, -0.05) is 48.5 Å². The summed E-state index contributed by atoms with van der Waals surface area (Å²) in [6.45, 7) is 10.2. The van der Waals surface area contributed by atoms with Gasteiger partial charge in [0.15, 0.2) is 17.1 Å². The highest BCUT2D eigenvalue weighted by Crippen LogP contribution is 2.20. The Hall–Kier alpha value is -2.70. The average Bonchev–Trinajstić information content (AvgIpc) is 2.72. The predicted octanol–water partition coefficient (Wildman–Crippen LogP) is 4.78. The van der Waals surface area contributed by atoms with E-state index in [1.165, 1.54) is 27.7 Å². The van der Waals surface area contributed by atoms with Crippen LogP contribution in [0.5, 0.6) is 0 Å². The van der Waals surface area contributed by atoms with Crippen LogP contribution in [-0.4, -0.2) is 39.3 Å². The Kier molecular flexibility index (Phi) is 7.98. The van der Waals surface area contributed by atoms with Crippen LogP contribution in [0.2, 0.25) is 0 Å². The second-order valence-electron chi connectivity index (χ2n) is 8.98. The van der Waals surface area contributed by atoms with E-state index < -0.39 is 11.1 Å². The molecule has 0 fully saturated rings. The first-order valence-electron chi connectivity index (χ1n) is 10.5. The SMILES string of the molecule is CCCN(Cc1cccc(C(=O)C(C)(C)O)c1)Cc1cccc(C(=O)C(C)(C)N=O)c1. The van der Waals surface area contributed by atoms with Crippen molar-refractivity contribution >= 4 is 11.6 Å². The van der Waals surface area contributed by atoms with E-state index in [1.807, 2.05) is 36.4 Å². The summed E-state index contributed by atoms with van der Waals surface area (Å²) in [7, 11) is 0. The number of nitrogens with zero attached hydrogens (tertiary/aromatic N) is 2. The summed E-state index contributed by atoms with van der Waals surface area (Å²) < 4.78 is 0. The smallest absolute Gasteiger partial charge is 0.193 e. The van der Waals surface area contributed by atoms with Crippen LogP contribution in [-0.2, 0) is 13.1 Å². The van der Waals surface area contributed by atoms with Gasteiger partial charge in [-0.2, -0.15) is 0 Å². The summed E-state index contributed by atoms with van der Waals surface area (Å²) in [5.41, 5.74) is 0.175. The zero-order valence-electron chi connectivity index (χ0n) is 19.0. The minimum Gasteiger partial charge on any atom is -0.382 e. The lowest BCUT2D eigenvalue weighted by molar-refractivity contribution is 0.0488. The Labute approximate surface area is 184 Å². The topological polar surface area (TPSA) is 87.0 Å². The number of hydrogen-bond acceptors (Lipinski definition) is 6. The summed E-state index contributed by atoms with van der Waals surface area (Å²) in [4.78, 5) is 38.2. The van der Waals surface area contributed by atoms with Gasteiger partial charge in [0.1, 0.15) is 5.60 Å². The van der Waals surface area contributed by atoms with Crippen molar-refractivity contribution in [3.8, 4) is 0 Å². The number of aliphatic hydroxyl groups is 1. The van der Waals surface area contributed by atoms with Gasteiger partial charge < -0.3 is 5.11 Å². The molecule has 0 bridgehead atoms. The normalized spacial score (nSPS) is 12.1. The molecule has 0 unspecified atom stereocenters. The van der Waals surface area contributed by atoms with E-state index in [0.717, 1.165) is 24.1 Å². The van der Waals surface area contributed by atoms with Gasteiger partial charge in [-0.05, 0) is 63.9 Å². The van der Waals surface area contributed by atoms with Crippen molar-refractivity contribution in [3.05, 3.63) is 75.7 Å². The summed E-state index contributed by atoms with van der Waals surface area (Å²) in [6, 6.07) is 14.6. The Morgan fingerprint density at radius 2 is 1.39 bits per heavy atom. The van der Waals surface area contributed by atoms with Crippen LogP contribution in [0.15, 0.2) is 53.7 Å². The molecule has 0 amide bonds. The molecule has 0 spiro atoms. The highest BCUT2D eigenvalue weighted by molar-refractivity contribution is 6.03. The van der Waals surface area contributed by atoms with Crippen LogP contribution in [0, 0.1) is 4.91 Å². The molecule has 0 saturated heterocycles. The molecule has 2 aromatic rings. The largest absolute Gasteiger partial charge is 0.382 e. The first-order valence-corrected chi connectivity index (χ1v) is 10.5. The Morgan fingerprint density at radius 1 is 0.903 bits per heavy atom. The standard InChI is InChI=1S/C25H32N2O4/c1-6-13-27(17-19-10-8-12-21(15-19)23(29)25(4,5)30)16-18-9-7-11-20(14-18)22(28)24(2,3)26-31/h7-12,14-15,30H,6,13,16-17H2,1-5H3. The summed E-state index contributed by atoms with van der Waals surface area (Å²) in [5, 5.41) is 13.0. The van der Waals surface area contributed by atoms with E-state index in [9.17, 15) is 19.6 Å². The lowest BCUT2D eigenvalue weighted by atomic mass is 9.93. The molecule has 166 valence electrons. The van der Waals surface area contributed by atoms with Gasteiger partial charge in [-0.15, -0.1) is 4.91 Å². The third kappa shape index (κ3) is 6.64. The van der Waals surface area contributed by atoms with Crippen molar-refractivity contribution < 1.29 is 14.7 Å². The number of carbonyl (C=O) groups is 2. The molecular formula is C25H32N2O4. The van der Waals surface area contributed by atoms with Crippen LogP contribution in [0.3, 0.4) is 0 Å². The van der Waals surface area contributed by atoms with Crippen molar-refractivity contribution in [1.82, 2.24) is 4.90 Å². The first kappa shape index (κ1) is 24.6. The van der Waals surface area contributed by atoms with Crippen LogP contribution >= 0.6 is 0 Å². The maximum absolute atomic E-state index is 12.6. The van der Waals surface area contributed by atoms with E-state index >= 15 is 0 Å². The summed E-state index contributed by atoms with van der Waals surface area (Å²) in [6.07, 6.45) is 0.947. The number of carbonyl (C=O) groups excluding carboxylic acids is 2. The summed E-state index contributed by atoms with van der Waals surface area (Å²) >= 11 is 0. The third-order valence-corrected chi connectivity index (χ3v) is 5.07. The highest BCUT2D eigenvalue weighted by Gasteiger charge is 2.30. The van der Waals surface area contributed by atoms with Gasteiger partial charge in [0, 0.05) is 24.2 Å². The minimum absolute atomic E-state index is 0.302. The second kappa shape index (κ2) is 10.1. The molecule has 6 heteroatoms. The molecule has 6 nitrogen and oxygen atoms in total. The van der Waals surface area contributed by atoms with Gasteiger partial charge in [-0.3, -0.25) is 14.5 Å². The summed E-state index contributed by atoms with van der Waals surface area (Å²) in [5.74, 6) is -0.613. The van der Waals surface area contributed by atoms with Gasteiger partial charge >= 0.3 is 0 Å². The molecule has 0 saturated carbocycles. The number of Topliss-reactive ketones (excluding diaryl/α,β-unsaturated/α-hetero) is 2. The van der Waals surface area contributed by atoms with E-state index in [0.29, 0.717) is 24.2 Å². The van der Waals surface area contributed by atoms with Crippen LogP contribution < -0.4 is 0 Å². The quantitative estimate of drug-likeness (QED) is 0.414. The number of rotatable bonds is 11. The molecule has 1 N–H and O–H groups in total. The molecule has 0 radical (unpaired) electrons. The van der Waals surface area contributed by atoms with Gasteiger partial charge in [0.25, 0.3) is 0 Å². The van der Waals surface area contributed by atoms with Crippen LogP contribution in [0.25, 0.3) is 0 Å². The van der Waals surface area contributed by atoms with Crippen molar-refractivity contribution in [2.45, 2.75) is 65.3 Å². The fraction of sp³-hybridized carbons (Fsp3) is 0.440. The number of hydrogen-bond donors (Lipinski definition) is 1. The molecular weight excluding hydrogens is 392 g/mol. The fourth-order valence-electron chi connectivity index (χ4n) is 3.42. The maximum Gasteiger partial charge on any atom is 0.193 e. The van der Waals surface area contributed by atoms with Crippen molar-refractivity contribution in [3.63, 3.8) is 0 Å². The molecule has 0 heterocycles. The lowest BCUT2D eigenvalue weighted by Gasteiger charge is -2.23. The molecule has 0 aliphatic heterocycles. The number of nitroso groups, excluding NO2 is 1. The van der Waals surface area contributed by atoms with Crippen LogP contribution in [0.4, 0.5) is 0 Å². The van der Waals surface area contributed by atoms with Crippen molar-refractivity contribution in [2.24, 2.45) is 5.18 Å². The Balaban J connectivity index is 2.21. The van der Waals surface area contributed by atoms with E-state index in [4.69, 9.17) is 0 Å². The molecule has 0 aliphatic carbocycles. The van der Waals surface area contributed by atoms with Crippen molar-refractivity contribution in [2.75, 3.05) is 6.54 Å². The Bertz CT molecular complexity index is 945. The van der Waals surface area contributed by atoms with Crippen LogP contribution in [0.1, 0.15) is 72.9 Å². The lowest BCUT2D eigenvalue weighted by Crippen LogP contribution is -2.31. The molecule has 0 aliphatic rings. The van der Waals surface area contributed by atoms with E-state index in [-0.39, 0.29) is 11.6 Å². The monoisotopic (exact) mass is 424 g/mol. The first-order chi connectivity index (χ1) is 14.5. The molecule has 0 atom stereocenters. The zero-order chi connectivity index (χ0) is 23.2. The molecule has 2 aromatic carbocycles. The molecule has 2 rings (SSSR count). The third-order valence-electron chi connectivity index (χ3n) is 5.07. The minimum atomic E-state index is -1.42. The van der Waals surface area contributed by atoms with Gasteiger partial charge in [0.05, 0.1) is 0 Å². The van der Waals surface area contributed by atoms with Gasteiger partial charge in [-0.25, -0.2) is 0 Å². The maximum atomic E-state index is 12.6. The Morgan fingerprint density at radius 3 is 1.81 bits per heavy atom. The molecule has 0 aromatic heterocycles. The number of ketones is 2. The van der Waals surface area contributed by atoms with E-state index in [1.54, 1.807) is 12.1 Å². The fourth-order valence-corrected chi connectivity index (χ4v) is 3.42. The molecule has 31 heavy (non-hydrogen) atoms. The van der Waals surface area contributed by atoms with Crippen molar-refractivity contribution in [1.29, 1.82) is 0 Å². The second-order valence-corrected chi connectivity index (χ2v) is 8.98. The predicted molar refractivity (Wildman–Crippen MR) is 122 cm³/mol. The highest BCUT2D eigenvalue weighted by atomic mass is 16.3. The zero-order valence-corrected chi connectivity index (χ0v) is 19.0. The number of benzene rings is 2. The van der Waals surface area contributed by atoms with E-state index in [2.05, 4.69) is 17.0 Å². The average molecular weight is 425 g/mol. The van der Waals surface area contributed by atoms with Gasteiger partial charge in [0.2, 0.25) is 0 Å².